The van der Waals surface area contributed by atoms with Crippen LogP contribution in [-0.4, -0.2) is 36.6 Å². The third-order valence-corrected chi connectivity index (χ3v) is 4.38. The summed E-state index contributed by atoms with van der Waals surface area (Å²) in [5, 5.41) is 3.67. The van der Waals surface area contributed by atoms with Crippen LogP contribution in [0.3, 0.4) is 0 Å². The molecule has 1 saturated heterocycles. The molecule has 1 aliphatic heterocycles. The zero-order valence-corrected chi connectivity index (χ0v) is 11.0. The van der Waals surface area contributed by atoms with Crippen LogP contribution in [0.25, 0.3) is 0 Å². The zero-order valence-electron chi connectivity index (χ0n) is 11.0. The van der Waals surface area contributed by atoms with E-state index in [0.29, 0.717) is 0 Å². The first-order valence-corrected chi connectivity index (χ1v) is 7.30. The topological polar surface area (TPSA) is 15.3 Å². The highest BCUT2D eigenvalue weighted by Gasteiger charge is 2.28. The highest BCUT2D eigenvalue weighted by Crippen LogP contribution is 2.35. The zero-order chi connectivity index (χ0) is 11.4. The van der Waals surface area contributed by atoms with Gasteiger partial charge in [0.05, 0.1) is 0 Å². The van der Waals surface area contributed by atoms with E-state index in [1.54, 1.807) is 0 Å². The summed E-state index contributed by atoms with van der Waals surface area (Å²) in [4.78, 5) is 2.75. The lowest BCUT2D eigenvalue weighted by atomic mass is 10.1. The van der Waals surface area contributed by atoms with Crippen molar-refractivity contribution in [2.75, 3.05) is 19.6 Å². The molecule has 1 aliphatic carbocycles. The van der Waals surface area contributed by atoms with Gasteiger partial charge in [-0.25, -0.2) is 0 Å². The molecule has 0 aromatic heterocycles. The summed E-state index contributed by atoms with van der Waals surface area (Å²) >= 11 is 0. The van der Waals surface area contributed by atoms with Crippen molar-refractivity contribution in [2.24, 2.45) is 5.92 Å². The molecule has 0 spiro atoms. The van der Waals surface area contributed by atoms with Gasteiger partial charge in [-0.2, -0.15) is 0 Å². The molecule has 1 heterocycles. The summed E-state index contributed by atoms with van der Waals surface area (Å²) in [7, 11) is 0. The standard InChI is InChI=1S/C14H28N2/c1-3-13-7-9-16(10-8-15-13)14(4-2)11-12-5-6-12/h12-15H,3-11H2,1-2H3. The molecule has 0 bridgehead atoms. The summed E-state index contributed by atoms with van der Waals surface area (Å²) in [5.74, 6) is 1.07. The predicted octanol–water partition coefficient (Wildman–Crippen LogP) is 2.64. The molecule has 2 nitrogen and oxygen atoms in total. The Hall–Kier alpha value is -0.0800. The average molecular weight is 224 g/mol. The molecule has 1 N–H and O–H groups in total. The number of nitrogens with one attached hydrogen (secondary N) is 1. The third-order valence-electron chi connectivity index (χ3n) is 4.38. The Labute approximate surface area is 101 Å². The Bertz CT molecular complexity index is 201. The Kier molecular flexibility index (Phi) is 4.66. The van der Waals surface area contributed by atoms with Gasteiger partial charge in [-0.15, -0.1) is 0 Å². The van der Waals surface area contributed by atoms with E-state index >= 15 is 0 Å². The van der Waals surface area contributed by atoms with Gasteiger partial charge in [-0.3, -0.25) is 4.90 Å². The molecule has 2 aliphatic rings. The Morgan fingerprint density at radius 3 is 2.62 bits per heavy atom. The van der Waals surface area contributed by atoms with Crippen LogP contribution < -0.4 is 5.32 Å². The second kappa shape index (κ2) is 6.02. The molecule has 0 aromatic carbocycles. The van der Waals surface area contributed by atoms with Crippen molar-refractivity contribution in [3.63, 3.8) is 0 Å². The van der Waals surface area contributed by atoms with Crippen molar-refractivity contribution >= 4 is 0 Å². The molecule has 0 aromatic rings. The second-order valence-electron chi connectivity index (χ2n) is 5.63. The first kappa shape index (κ1) is 12.4. The van der Waals surface area contributed by atoms with Crippen LogP contribution in [0.5, 0.6) is 0 Å². The van der Waals surface area contributed by atoms with Gasteiger partial charge in [0.25, 0.3) is 0 Å². The number of hydrogen-bond acceptors (Lipinski definition) is 2. The van der Waals surface area contributed by atoms with E-state index in [1.165, 1.54) is 58.2 Å². The smallest absolute Gasteiger partial charge is 0.0110 e. The molecule has 2 heteroatoms. The van der Waals surface area contributed by atoms with Crippen LogP contribution in [-0.2, 0) is 0 Å². The summed E-state index contributed by atoms with van der Waals surface area (Å²) in [6, 6.07) is 1.63. The molecule has 2 rings (SSSR count). The largest absolute Gasteiger partial charge is 0.313 e. The SMILES string of the molecule is CCC1CCN(C(CC)CC2CC2)CCN1. The van der Waals surface area contributed by atoms with Gasteiger partial charge in [0.2, 0.25) is 0 Å². The van der Waals surface area contributed by atoms with Crippen LogP contribution in [0.15, 0.2) is 0 Å². The minimum atomic E-state index is 0.767. The van der Waals surface area contributed by atoms with E-state index in [-0.39, 0.29) is 0 Å². The molecule has 0 radical (unpaired) electrons. The summed E-state index contributed by atoms with van der Waals surface area (Å²) in [6.45, 7) is 8.44. The summed E-state index contributed by atoms with van der Waals surface area (Å²) in [6.07, 6.45) is 8.44. The van der Waals surface area contributed by atoms with Gasteiger partial charge in [0.15, 0.2) is 0 Å². The molecule has 16 heavy (non-hydrogen) atoms. The van der Waals surface area contributed by atoms with Crippen molar-refractivity contribution in [2.45, 2.75) is 64.5 Å². The van der Waals surface area contributed by atoms with Crippen molar-refractivity contribution in [1.82, 2.24) is 10.2 Å². The van der Waals surface area contributed by atoms with Crippen LogP contribution in [0.4, 0.5) is 0 Å². The lowest BCUT2D eigenvalue weighted by Crippen LogP contribution is -2.37. The van der Waals surface area contributed by atoms with Gasteiger partial charge in [-0.1, -0.05) is 26.7 Å². The Morgan fingerprint density at radius 2 is 2.00 bits per heavy atom. The molecule has 1 saturated carbocycles. The number of rotatable bonds is 5. The molecule has 2 fully saturated rings. The van der Waals surface area contributed by atoms with Crippen molar-refractivity contribution < 1.29 is 0 Å². The van der Waals surface area contributed by atoms with E-state index in [1.807, 2.05) is 0 Å². The highest BCUT2D eigenvalue weighted by atomic mass is 15.2. The van der Waals surface area contributed by atoms with E-state index < -0.39 is 0 Å². The number of hydrogen-bond donors (Lipinski definition) is 1. The van der Waals surface area contributed by atoms with E-state index in [0.717, 1.165) is 18.0 Å². The van der Waals surface area contributed by atoms with Gasteiger partial charge in [0, 0.05) is 25.2 Å². The van der Waals surface area contributed by atoms with Crippen LogP contribution in [0.1, 0.15) is 52.4 Å². The predicted molar refractivity (Wildman–Crippen MR) is 69.7 cm³/mol. The highest BCUT2D eigenvalue weighted by molar-refractivity contribution is 4.84. The maximum Gasteiger partial charge on any atom is 0.0110 e. The first-order chi connectivity index (χ1) is 7.83. The van der Waals surface area contributed by atoms with Gasteiger partial charge < -0.3 is 5.32 Å². The van der Waals surface area contributed by atoms with Crippen molar-refractivity contribution in [3.05, 3.63) is 0 Å². The van der Waals surface area contributed by atoms with E-state index in [9.17, 15) is 0 Å². The monoisotopic (exact) mass is 224 g/mol. The minimum absolute atomic E-state index is 0.767. The van der Waals surface area contributed by atoms with Gasteiger partial charge in [-0.05, 0) is 38.1 Å². The average Bonchev–Trinajstić information content (AvgIpc) is 3.12. The molecule has 2 unspecified atom stereocenters. The van der Waals surface area contributed by atoms with Crippen molar-refractivity contribution in [1.29, 1.82) is 0 Å². The Morgan fingerprint density at radius 1 is 1.19 bits per heavy atom. The maximum atomic E-state index is 3.67. The fraction of sp³-hybridized carbons (Fsp3) is 1.00. The van der Waals surface area contributed by atoms with Gasteiger partial charge >= 0.3 is 0 Å². The quantitative estimate of drug-likeness (QED) is 0.772. The third kappa shape index (κ3) is 3.46. The fourth-order valence-corrected chi connectivity index (χ4v) is 2.97. The number of nitrogens with zero attached hydrogens (tertiary/aromatic N) is 1. The molecule has 2 atom stereocenters. The van der Waals surface area contributed by atoms with E-state index in [2.05, 4.69) is 24.1 Å². The lowest BCUT2D eigenvalue weighted by molar-refractivity contribution is 0.186. The van der Waals surface area contributed by atoms with Crippen LogP contribution in [0.2, 0.25) is 0 Å². The summed E-state index contributed by atoms with van der Waals surface area (Å²) in [5.41, 5.74) is 0. The van der Waals surface area contributed by atoms with Crippen molar-refractivity contribution in [3.8, 4) is 0 Å². The molecular weight excluding hydrogens is 196 g/mol. The Balaban J connectivity index is 1.81. The van der Waals surface area contributed by atoms with E-state index in [4.69, 9.17) is 0 Å². The second-order valence-corrected chi connectivity index (χ2v) is 5.63. The normalized spacial score (nSPS) is 30.0. The maximum absolute atomic E-state index is 3.67. The summed E-state index contributed by atoms with van der Waals surface area (Å²) < 4.78 is 0. The first-order valence-electron chi connectivity index (χ1n) is 7.30. The molecular formula is C14H28N2. The minimum Gasteiger partial charge on any atom is -0.313 e. The van der Waals surface area contributed by atoms with Crippen LogP contribution >= 0.6 is 0 Å². The fourth-order valence-electron chi connectivity index (χ4n) is 2.97. The van der Waals surface area contributed by atoms with Crippen LogP contribution in [0, 0.1) is 5.92 Å². The molecule has 94 valence electrons. The van der Waals surface area contributed by atoms with Gasteiger partial charge in [0.1, 0.15) is 0 Å². The lowest BCUT2D eigenvalue weighted by Gasteiger charge is -2.29. The molecule has 0 amide bonds.